The lowest BCUT2D eigenvalue weighted by atomic mass is 10.1. The molecule has 1 aliphatic rings. The van der Waals surface area contributed by atoms with Gasteiger partial charge < -0.3 is 14.6 Å². The van der Waals surface area contributed by atoms with Gasteiger partial charge in [-0.2, -0.15) is 4.98 Å². The van der Waals surface area contributed by atoms with Crippen LogP contribution >= 0.6 is 0 Å². The summed E-state index contributed by atoms with van der Waals surface area (Å²) in [6.45, 7) is 4.66. The minimum atomic E-state index is 0.533. The normalized spacial score (nSPS) is 20.7. The Bertz CT molecular complexity index is 295. The first-order chi connectivity index (χ1) is 7.38. The Kier molecular flexibility index (Phi) is 3.55. The smallest absolute Gasteiger partial charge is 0.321 e. The Labute approximate surface area is 89.2 Å². The molecule has 5 heteroatoms. The van der Waals surface area contributed by atoms with E-state index in [1.54, 1.807) is 0 Å². The van der Waals surface area contributed by atoms with E-state index in [-0.39, 0.29) is 0 Å². The summed E-state index contributed by atoms with van der Waals surface area (Å²) in [5, 5.41) is 7.00. The van der Waals surface area contributed by atoms with E-state index in [1.165, 1.54) is 0 Å². The van der Waals surface area contributed by atoms with Gasteiger partial charge in [0, 0.05) is 26.2 Å². The van der Waals surface area contributed by atoms with Gasteiger partial charge in [-0.1, -0.05) is 12.1 Å². The molecule has 1 atom stereocenters. The molecule has 1 aromatic heterocycles. The van der Waals surface area contributed by atoms with Gasteiger partial charge >= 0.3 is 6.01 Å². The predicted octanol–water partition coefficient (Wildman–Crippen LogP) is 1.47. The first-order valence-electron chi connectivity index (χ1n) is 5.52. The minimum Gasteiger partial charge on any atom is -0.381 e. The van der Waals surface area contributed by atoms with Gasteiger partial charge in [0.2, 0.25) is 0 Å². The number of nitrogens with one attached hydrogen (secondary N) is 1. The topological polar surface area (TPSA) is 60.2 Å². The van der Waals surface area contributed by atoms with Crippen LogP contribution < -0.4 is 5.32 Å². The van der Waals surface area contributed by atoms with Crippen molar-refractivity contribution in [2.45, 2.75) is 26.2 Å². The molecule has 0 aromatic carbocycles. The maximum Gasteiger partial charge on any atom is 0.321 e. The number of nitrogens with zero attached hydrogens (tertiary/aromatic N) is 2. The van der Waals surface area contributed by atoms with Crippen LogP contribution in [0.5, 0.6) is 0 Å². The number of hydrogen-bond donors (Lipinski definition) is 1. The summed E-state index contributed by atoms with van der Waals surface area (Å²) < 4.78 is 10.4. The number of aromatic nitrogens is 2. The molecule has 1 unspecified atom stereocenters. The zero-order valence-corrected chi connectivity index (χ0v) is 9.03. The minimum absolute atomic E-state index is 0.533. The molecule has 0 saturated carbocycles. The SMILES string of the molecule is CCCNc1nc(CC2CCOC2)no1. The van der Waals surface area contributed by atoms with Crippen molar-refractivity contribution in [2.24, 2.45) is 5.92 Å². The second-order valence-electron chi connectivity index (χ2n) is 3.88. The van der Waals surface area contributed by atoms with Crippen molar-refractivity contribution in [2.75, 3.05) is 25.1 Å². The highest BCUT2D eigenvalue weighted by Crippen LogP contribution is 2.17. The van der Waals surface area contributed by atoms with Crippen LogP contribution in [0.15, 0.2) is 4.52 Å². The van der Waals surface area contributed by atoms with Crippen molar-refractivity contribution in [1.29, 1.82) is 0 Å². The Morgan fingerprint density at radius 2 is 2.47 bits per heavy atom. The molecule has 1 aromatic rings. The lowest BCUT2D eigenvalue weighted by Crippen LogP contribution is -2.05. The fourth-order valence-electron chi connectivity index (χ4n) is 1.64. The van der Waals surface area contributed by atoms with Gasteiger partial charge in [0.15, 0.2) is 5.82 Å². The van der Waals surface area contributed by atoms with Crippen molar-refractivity contribution in [3.8, 4) is 0 Å². The lowest BCUT2D eigenvalue weighted by molar-refractivity contribution is 0.185. The molecular weight excluding hydrogens is 194 g/mol. The van der Waals surface area contributed by atoms with Gasteiger partial charge in [0.05, 0.1) is 0 Å². The number of hydrogen-bond acceptors (Lipinski definition) is 5. The fourth-order valence-corrected chi connectivity index (χ4v) is 1.64. The van der Waals surface area contributed by atoms with E-state index in [0.717, 1.165) is 44.8 Å². The first-order valence-corrected chi connectivity index (χ1v) is 5.52. The molecule has 1 saturated heterocycles. The Morgan fingerprint density at radius 3 is 3.20 bits per heavy atom. The van der Waals surface area contributed by atoms with Gasteiger partial charge in [-0.25, -0.2) is 0 Å². The highest BCUT2D eigenvalue weighted by Gasteiger charge is 2.18. The molecule has 5 nitrogen and oxygen atoms in total. The summed E-state index contributed by atoms with van der Waals surface area (Å²) in [6, 6.07) is 0.533. The zero-order chi connectivity index (χ0) is 10.5. The van der Waals surface area contributed by atoms with E-state index >= 15 is 0 Å². The molecule has 0 aliphatic carbocycles. The van der Waals surface area contributed by atoms with Crippen LogP contribution in [0.2, 0.25) is 0 Å². The van der Waals surface area contributed by atoms with E-state index < -0.39 is 0 Å². The van der Waals surface area contributed by atoms with Crippen LogP contribution in [-0.4, -0.2) is 29.9 Å². The molecule has 1 aliphatic heterocycles. The monoisotopic (exact) mass is 211 g/mol. The van der Waals surface area contributed by atoms with Crippen LogP contribution in [0, 0.1) is 5.92 Å². The first kappa shape index (κ1) is 10.4. The van der Waals surface area contributed by atoms with Gasteiger partial charge in [0.1, 0.15) is 0 Å². The average molecular weight is 211 g/mol. The molecule has 0 radical (unpaired) electrons. The standard InChI is InChI=1S/C10H17N3O2/c1-2-4-11-10-12-9(13-15-10)6-8-3-5-14-7-8/h8H,2-7H2,1H3,(H,11,12,13). The van der Waals surface area contributed by atoms with Crippen molar-refractivity contribution in [1.82, 2.24) is 10.1 Å². The van der Waals surface area contributed by atoms with Crippen LogP contribution in [-0.2, 0) is 11.2 Å². The average Bonchev–Trinajstić information content (AvgIpc) is 2.87. The van der Waals surface area contributed by atoms with E-state index in [0.29, 0.717) is 11.9 Å². The summed E-state index contributed by atoms with van der Waals surface area (Å²) in [6.07, 6.45) is 3.01. The maximum absolute atomic E-state index is 5.30. The Morgan fingerprint density at radius 1 is 1.53 bits per heavy atom. The molecule has 1 fully saturated rings. The van der Waals surface area contributed by atoms with Crippen molar-refractivity contribution >= 4 is 6.01 Å². The molecule has 2 heterocycles. The molecule has 1 N–H and O–H groups in total. The van der Waals surface area contributed by atoms with E-state index in [9.17, 15) is 0 Å². The van der Waals surface area contributed by atoms with Gasteiger partial charge in [-0.15, -0.1) is 0 Å². The Balaban J connectivity index is 1.83. The highest BCUT2D eigenvalue weighted by atomic mass is 16.5. The molecule has 0 spiro atoms. The lowest BCUT2D eigenvalue weighted by Gasteiger charge is -2.01. The van der Waals surface area contributed by atoms with Gasteiger partial charge in [0.25, 0.3) is 0 Å². The van der Waals surface area contributed by atoms with Crippen molar-refractivity contribution < 1.29 is 9.26 Å². The Hall–Kier alpha value is -1.10. The molecule has 15 heavy (non-hydrogen) atoms. The highest BCUT2D eigenvalue weighted by molar-refractivity contribution is 5.17. The number of anilines is 1. The largest absolute Gasteiger partial charge is 0.381 e. The second-order valence-corrected chi connectivity index (χ2v) is 3.88. The van der Waals surface area contributed by atoms with Crippen LogP contribution in [0.4, 0.5) is 6.01 Å². The summed E-state index contributed by atoms with van der Waals surface area (Å²) >= 11 is 0. The third-order valence-electron chi connectivity index (χ3n) is 2.49. The summed E-state index contributed by atoms with van der Waals surface area (Å²) in [5.74, 6) is 1.34. The van der Waals surface area contributed by atoms with Crippen LogP contribution in [0.3, 0.4) is 0 Å². The molecular formula is C10H17N3O2. The van der Waals surface area contributed by atoms with Gasteiger partial charge in [-0.3, -0.25) is 0 Å². The molecule has 0 bridgehead atoms. The number of rotatable bonds is 5. The quantitative estimate of drug-likeness (QED) is 0.799. The van der Waals surface area contributed by atoms with Crippen molar-refractivity contribution in [3.05, 3.63) is 5.82 Å². The molecule has 84 valence electrons. The predicted molar refractivity (Wildman–Crippen MR) is 55.7 cm³/mol. The zero-order valence-electron chi connectivity index (χ0n) is 9.03. The summed E-state index contributed by atoms with van der Waals surface area (Å²) in [7, 11) is 0. The van der Waals surface area contributed by atoms with Crippen molar-refractivity contribution in [3.63, 3.8) is 0 Å². The third kappa shape index (κ3) is 2.92. The fraction of sp³-hybridized carbons (Fsp3) is 0.800. The third-order valence-corrected chi connectivity index (χ3v) is 2.49. The van der Waals surface area contributed by atoms with E-state index in [1.807, 2.05) is 0 Å². The second kappa shape index (κ2) is 5.11. The maximum atomic E-state index is 5.30. The van der Waals surface area contributed by atoms with E-state index in [2.05, 4.69) is 22.4 Å². The summed E-state index contributed by atoms with van der Waals surface area (Å²) in [4.78, 5) is 4.27. The van der Waals surface area contributed by atoms with Crippen LogP contribution in [0.25, 0.3) is 0 Å². The molecule has 0 amide bonds. The number of ether oxygens (including phenoxy) is 1. The summed E-state index contributed by atoms with van der Waals surface area (Å²) in [5.41, 5.74) is 0. The molecule has 2 rings (SSSR count). The van der Waals surface area contributed by atoms with Gasteiger partial charge in [-0.05, 0) is 18.8 Å². The van der Waals surface area contributed by atoms with Crippen LogP contribution in [0.1, 0.15) is 25.6 Å². The van der Waals surface area contributed by atoms with E-state index in [4.69, 9.17) is 9.26 Å².